The van der Waals surface area contributed by atoms with E-state index in [-0.39, 0.29) is 11.8 Å². The van der Waals surface area contributed by atoms with Crippen molar-refractivity contribution in [2.45, 2.75) is 25.0 Å². The normalized spacial score (nSPS) is 12.1. The molecule has 0 aromatic heterocycles. The lowest BCUT2D eigenvalue weighted by molar-refractivity contribution is 0.107. The summed E-state index contributed by atoms with van der Waals surface area (Å²) in [6.45, 7) is 1.10. The first-order chi connectivity index (χ1) is 28.9. The molecule has 0 saturated heterocycles. The number of ether oxygens (including phenoxy) is 1. The number of hydrogen-bond acceptors (Lipinski definition) is 3. The van der Waals surface area contributed by atoms with Gasteiger partial charge >= 0.3 is 0 Å². The average Bonchev–Trinajstić information content (AvgIpc) is 3.29. The summed E-state index contributed by atoms with van der Waals surface area (Å²) in [6.07, 6.45) is 0. The quantitative estimate of drug-likeness (QED) is 0.102. The summed E-state index contributed by atoms with van der Waals surface area (Å²) in [5.41, 5.74) is 17.3. The van der Waals surface area contributed by atoms with Crippen LogP contribution in [0.4, 0.5) is 11.4 Å². The van der Waals surface area contributed by atoms with E-state index in [9.17, 15) is 0 Å². The van der Waals surface area contributed by atoms with Crippen LogP contribution in [0.15, 0.2) is 206 Å². The molecular formula is C56H52N2O. The molecule has 3 nitrogen and oxygen atoms in total. The van der Waals surface area contributed by atoms with Crippen molar-refractivity contribution < 1.29 is 4.74 Å². The van der Waals surface area contributed by atoms with Crippen molar-refractivity contribution >= 4 is 11.4 Å². The number of rotatable bonds is 14. The first-order valence-corrected chi connectivity index (χ1v) is 20.5. The predicted octanol–water partition coefficient (Wildman–Crippen LogP) is 13.2. The molecule has 8 aromatic rings. The largest absolute Gasteiger partial charge is 0.377 e. The van der Waals surface area contributed by atoms with Crippen molar-refractivity contribution in [2.24, 2.45) is 0 Å². The molecule has 2 atom stereocenters. The molecule has 8 aromatic carbocycles. The zero-order valence-corrected chi connectivity index (χ0v) is 34.5. The highest BCUT2D eigenvalue weighted by molar-refractivity contribution is 5.79. The Morgan fingerprint density at radius 3 is 0.949 bits per heavy atom. The lowest BCUT2D eigenvalue weighted by atomic mass is 9.84. The Balaban J connectivity index is 0.950. The Bertz CT molecular complexity index is 2360. The zero-order chi connectivity index (χ0) is 40.6. The van der Waals surface area contributed by atoms with Gasteiger partial charge in [0, 0.05) is 62.5 Å². The van der Waals surface area contributed by atoms with Crippen molar-refractivity contribution in [2.75, 3.05) is 38.0 Å². The summed E-state index contributed by atoms with van der Waals surface area (Å²) in [5.74, 6) is 0.250. The van der Waals surface area contributed by atoms with Gasteiger partial charge < -0.3 is 14.5 Å². The topological polar surface area (TPSA) is 15.7 Å². The highest BCUT2D eigenvalue weighted by Crippen LogP contribution is 2.37. The maximum atomic E-state index is 6.30. The van der Waals surface area contributed by atoms with Gasteiger partial charge in [0.15, 0.2) is 0 Å². The van der Waals surface area contributed by atoms with Gasteiger partial charge in [0.25, 0.3) is 0 Å². The number of benzene rings is 8. The SMILES string of the molecule is CN(C)c1ccccc1-c1ccc(C(c2ccccc2)c2ccc(COCc3ccc(C(c4ccccc4)c4ccc(-c5ccccc5N(C)C)cc4)cc3)cc2)cc1. The summed E-state index contributed by atoms with van der Waals surface area (Å²) in [5, 5.41) is 0. The molecule has 0 radical (unpaired) electrons. The molecule has 0 N–H and O–H groups in total. The minimum absolute atomic E-state index is 0.125. The molecule has 8 rings (SSSR count). The molecule has 292 valence electrons. The lowest BCUT2D eigenvalue weighted by Crippen LogP contribution is -2.09. The van der Waals surface area contributed by atoms with E-state index in [2.05, 4.69) is 244 Å². The third-order valence-electron chi connectivity index (χ3n) is 11.3. The molecule has 0 bridgehead atoms. The smallest absolute Gasteiger partial charge is 0.0721 e. The van der Waals surface area contributed by atoms with E-state index in [1.165, 1.54) is 67.0 Å². The monoisotopic (exact) mass is 768 g/mol. The van der Waals surface area contributed by atoms with Gasteiger partial charge in [-0.25, -0.2) is 0 Å². The second-order valence-corrected chi connectivity index (χ2v) is 15.7. The first kappa shape index (κ1) is 39.2. The first-order valence-electron chi connectivity index (χ1n) is 20.5. The summed E-state index contributed by atoms with van der Waals surface area (Å²) in [6, 6.07) is 74.8. The molecule has 0 fully saturated rings. The van der Waals surface area contributed by atoms with Crippen LogP contribution < -0.4 is 9.80 Å². The van der Waals surface area contributed by atoms with Gasteiger partial charge in [0.2, 0.25) is 0 Å². The number of nitrogens with zero attached hydrogens (tertiary/aromatic N) is 2. The van der Waals surface area contributed by atoms with Crippen LogP contribution in [-0.2, 0) is 18.0 Å². The number of hydrogen-bond donors (Lipinski definition) is 0. The van der Waals surface area contributed by atoms with Crippen LogP contribution in [0, 0.1) is 0 Å². The van der Waals surface area contributed by atoms with Crippen molar-refractivity contribution in [3.8, 4) is 22.3 Å². The van der Waals surface area contributed by atoms with Crippen molar-refractivity contribution in [3.05, 3.63) is 251 Å². The predicted molar refractivity (Wildman–Crippen MR) is 249 cm³/mol. The van der Waals surface area contributed by atoms with Gasteiger partial charge in [-0.15, -0.1) is 0 Å². The van der Waals surface area contributed by atoms with Crippen LogP contribution in [0.2, 0.25) is 0 Å². The van der Waals surface area contributed by atoms with Crippen molar-refractivity contribution in [3.63, 3.8) is 0 Å². The van der Waals surface area contributed by atoms with Gasteiger partial charge in [-0.05, 0) is 67.8 Å². The maximum absolute atomic E-state index is 6.30. The minimum Gasteiger partial charge on any atom is -0.377 e. The number of para-hydroxylation sites is 2. The van der Waals surface area contributed by atoms with Crippen LogP contribution in [0.25, 0.3) is 22.3 Å². The summed E-state index contributed by atoms with van der Waals surface area (Å²) >= 11 is 0. The second-order valence-electron chi connectivity index (χ2n) is 15.7. The fraction of sp³-hybridized carbons (Fsp3) is 0.143. The summed E-state index contributed by atoms with van der Waals surface area (Å²) in [4.78, 5) is 4.35. The molecular weight excluding hydrogens is 717 g/mol. The summed E-state index contributed by atoms with van der Waals surface area (Å²) < 4.78 is 6.30. The fourth-order valence-electron chi connectivity index (χ4n) is 8.27. The molecule has 0 saturated carbocycles. The Morgan fingerprint density at radius 2 is 0.610 bits per heavy atom. The van der Waals surface area contributed by atoms with Gasteiger partial charge in [-0.2, -0.15) is 0 Å². The highest BCUT2D eigenvalue weighted by atomic mass is 16.5. The van der Waals surface area contributed by atoms with Crippen molar-refractivity contribution in [1.82, 2.24) is 0 Å². The van der Waals surface area contributed by atoms with Gasteiger partial charge in [-0.3, -0.25) is 0 Å². The Labute approximate surface area is 350 Å². The van der Waals surface area contributed by atoms with Gasteiger partial charge in [0.1, 0.15) is 0 Å². The van der Waals surface area contributed by atoms with Crippen molar-refractivity contribution in [1.29, 1.82) is 0 Å². The molecule has 0 heterocycles. The van der Waals surface area contributed by atoms with E-state index in [0.29, 0.717) is 13.2 Å². The maximum Gasteiger partial charge on any atom is 0.0721 e. The second kappa shape index (κ2) is 18.3. The molecule has 59 heavy (non-hydrogen) atoms. The molecule has 3 heteroatoms. The Morgan fingerprint density at radius 1 is 0.322 bits per heavy atom. The molecule has 0 amide bonds. The third-order valence-corrected chi connectivity index (χ3v) is 11.3. The molecule has 0 spiro atoms. The van der Waals surface area contributed by atoms with E-state index in [0.717, 1.165) is 11.1 Å². The lowest BCUT2D eigenvalue weighted by Gasteiger charge is -2.21. The van der Waals surface area contributed by atoms with Crippen LogP contribution in [-0.4, -0.2) is 28.2 Å². The fourth-order valence-corrected chi connectivity index (χ4v) is 8.27. The van der Waals surface area contributed by atoms with Gasteiger partial charge in [0.05, 0.1) is 13.2 Å². The average molecular weight is 769 g/mol. The Hall–Kier alpha value is -6.68. The molecule has 0 aliphatic heterocycles. The number of anilines is 2. The van der Waals surface area contributed by atoms with Crippen LogP contribution in [0.1, 0.15) is 56.3 Å². The van der Waals surface area contributed by atoms with E-state index in [4.69, 9.17) is 4.74 Å². The molecule has 0 aliphatic carbocycles. The van der Waals surface area contributed by atoms with E-state index < -0.39 is 0 Å². The van der Waals surface area contributed by atoms with Crippen LogP contribution >= 0.6 is 0 Å². The molecule has 0 aliphatic rings. The molecule has 2 unspecified atom stereocenters. The van der Waals surface area contributed by atoms with Crippen LogP contribution in [0.5, 0.6) is 0 Å². The van der Waals surface area contributed by atoms with E-state index in [1.807, 2.05) is 0 Å². The van der Waals surface area contributed by atoms with E-state index in [1.54, 1.807) is 0 Å². The van der Waals surface area contributed by atoms with Crippen LogP contribution in [0.3, 0.4) is 0 Å². The Kier molecular flexibility index (Phi) is 12.1. The van der Waals surface area contributed by atoms with Gasteiger partial charge in [-0.1, -0.05) is 194 Å². The standard InChI is InChI=1S/C56H52N2O/c1-57(2)53-21-13-11-19-51(53)43-31-35-49(36-32-43)55(45-15-7-5-8-16-45)47-27-23-41(24-28-47)39-59-40-42-25-29-48(30-26-42)56(46-17-9-6-10-18-46)50-37-33-44(34-38-50)52-20-12-14-22-54(52)58(3)4/h5-38,55-56H,39-40H2,1-4H3. The minimum atomic E-state index is 0.125. The third kappa shape index (κ3) is 9.07. The summed E-state index contributed by atoms with van der Waals surface area (Å²) in [7, 11) is 8.39. The highest BCUT2D eigenvalue weighted by Gasteiger charge is 2.19. The van der Waals surface area contributed by atoms with E-state index >= 15 is 0 Å². The zero-order valence-electron chi connectivity index (χ0n) is 34.5.